The van der Waals surface area contributed by atoms with Gasteiger partial charge in [0.15, 0.2) is 0 Å². The molecule has 1 aliphatic rings. The van der Waals surface area contributed by atoms with Crippen molar-refractivity contribution in [2.24, 2.45) is 0 Å². The molecule has 0 aliphatic carbocycles. The number of methoxy groups -OCH3 is 1. The molecule has 0 N–H and O–H groups in total. The Morgan fingerprint density at radius 1 is 1.53 bits per heavy atom. The Labute approximate surface area is 89.0 Å². The molecule has 1 aromatic rings. The van der Waals surface area contributed by atoms with E-state index in [0.29, 0.717) is 13.0 Å². The number of benzene rings is 1. The van der Waals surface area contributed by atoms with E-state index in [2.05, 4.69) is 10.8 Å². The summed E-state index contributed by atoms with van der Waals surface area (Å²) in [4.78, 5) is 11.2. The lowest BCUT2D eigenvalue weighted by atomic mass is 9.96. The first-order valence-electron chi connectivity index (χ1n) is 5.07. The van der Waals surface area contributed by atoms with E-state index in [1.54, 1.807) is 0 Å². The lowest BCUT2D eigenvalue weighted by Crippen LogP contribution is -2.19. The fraction of sp³-hybridized carbons (Fsp3) is 0.417. The topological polar surface area (TPSA) is 35.5 Å². The first kappa shape index (κ1) is 10.2. The minimum atomic E-state index is -0.225. The Bertz CT molecular complexity index is 360. The molecule has 2 rings (SSSR count). The third kappa shape index (κ3) is 2.18. The van der Waals surface area contributed by atoms with Crippen molar-refractivity contribution in [3.8, 4) is 0 Å². The zero-order chi connectivity index (χ0) is 10.7. The first-order chi connectivity index (χ1) is 7.31. The van der Waals surface area contributed by atoms with Crippen molar-refractivity contribution >= 4 is 5.97 Å². The van der Waals surface area contributed by atoms with Gasteiger partial charge in [0.05, 0.1) is 26.2 Å². The summed E-state index contributed by atoms with van der Waals surface area (Å²) < 4.78 is 10.2. The molecule has 1 aliphatic heterocycles. The van der Waals surface area contributed by atoms with Crippen molar-refractivity contribution in [1.29, 1.82) is 0 Å². The molecule has 0 radical (unpaired) electrons. The van der Waals surface area contributed by atoms with Crippen LogP contribution in [0.3, 0.4) is 0 Å². The van der Waals surface area contributed by atoms with E-state index >= 15 is 0 Å². The summed E-state index contributed by atoms with van der Waals surface area (Å²) >= 11 is 0. The monoisotopic (exact) mass is 206 g/mol. The van der Waals surface area contributed by atoms with Crippen LogP contribution < -0.4 is 0 Å². The van der Waals surface area contributed by atoms with Crippen molar-refractivity contribution < 1.29 is 14.3 Å². The number of hydrogen-bond donors (Lipinski definition) is 0. The average molecular weight is 206 g/mol. The lowest BCUT2D eigenvalue weighted by molar-refractivity contribution is -0.144. The molecule has 3 heteroatoms. The predicted molar refractivity (Wildman–Crippen MR) is 55.5 cm³/mol. The summed E-state index contributed by atoms with van der Waals surface area (Å²) in [6.45, 7) is 0.679. The number of ether oxygens (including phenoxy) is 2. The van der Waals surface area contributed by atoms with Crippen LogP contribution in [0.1, 0.15) is 23.7 Å². The second-order valence-electron chi connectivity index (χ2n) is 3.59. The maximum atomic E-state index is 11.2. The quantitative estimate of drug-likeness (QED) is 0.693. The molecule has 1 heterocycles. The Hall–Kier alpha value is -1.35. The van der Waals surface area contributed by atoms with Crippen LogP contribution in [0.5, 0.6) is 0 Å². The maximum Gasteiger partial charge on any atom is 0.308 e. The van der Waals surface area contributed by atoms with E-state index in [0.717, 1.165) is 12.0 Å². The maximum absolute atomic E-state index is 11.2. The largest absolute Gasteiger partial charge is 0.469 e. The molecule has 0 unspecified atom stereocenters. The summed E-state index contributed by atoms with van der Waals surface area (Å²) in [6.07, 6.45) is 1.09. The van der Waals surface area contributed by atoms with E-state index in [1.165, 1.54) is 12.7 Å². The number of fused-ring (bicyclic) bond motifs is 1. The standard InChI is InChI=1S/C12H14O3/c1-14-12(13)8-11-10-5-3-2-4-9(10)6-7-15-11/h2-5,11H,6-8H2,1H3/t11-/m0/s1. The summed E-state index contributed by atoms with van der Waals surface area (Å²) in [5, 5.41) is 0. The highest BCUT2D eigenvalue weighted by Crippen LogP contribution is 2.29. The zero-order valence-electron chi connectivity index (χ0n) is 8.73. The van der Waals surface area contributed by atoms with Gasteiger partial charge in [-0.15, -0.1) is 0 Å². The van der Waals surface area contributed by atoms with Crippen LogP contribution in [0.15, 0.2) is 24.3 Å². The smallest absolute Gasteiger partial charge is 0.308 e. The van der Waals surface area contributed by atoms with Gasteiger partial charge in [0.1, 0.15) is 0 Å². The van der Waals surface area contributed by atoms with Gasteiger partial charge in [0, 0.05) is 0 Å². The third-order valence-electron chi connectivity index (χ3n) is 2.67. The molecular weight excluding hydrogens is 192 g/mol. The third-order valence-corrected chi connectivity index (χ3v) is 2.67. The Balaban J connectivity index is 2.18. The molecule has 0 bridgehead atoms. The van der Waals surface area contributed by atoms with Gasteiger partial charge in [0.2, 0.25) is 0 Å². The van der Waals surface area contributed by atoms with Crippen LogP contribution in [-0.4, -0.2) is 19.7 Å². The zero-order valence-corrected chi connectivity index (χ0v) is 8.73. The molecular formula is C12H14O3. The van der Waals surface area contributed by atoms with Crippen molar-refractivity contribution in [1.82, 2.24) is 0 Å². The van der Waals surface area contributed by atoms with Crippen molar-refractivity contribution in [2.45, 2.75) is 18.9 Å². The van der Waals surface area contributed by atoms with E-state index < -0.39 is 0 Å². The molecule has 1 atom stereocenters. The van der Waals surface area contributed by atoms with Crippen LogP contribution >= 0.6 is 0 Å². The van der Waals surface area contributed by atoms with Crippen molar-refractivity contribution in [3.63, 3.8) is 0 Å². The van der Waals surface area contributed by atoms with E-state index in [9.17, 15) is 4.79 Å². The number of rotatable bonds is 2. The van der Waals surface area contributed by atoms with Crippen LogP contribution in [-0.2, 0) is 20.7 Å². The Kier molecular flexibility index (Phi) is 3.02. The number of carbonyl (C=O) groups excluding carboxylic acids is 1. The summed E-state index contributed by atoms with van der Waals surface area (Å²) in [6, 6.07) is 8.08. The van der Waals surface area contributed by atoms with Crippen molar-refractivity contribution in [2.75, 3.05) is 13.7 Å². The summed E-state index contributed by atoms with van der Waals surface area (Å²) in [7, 11) is 1.40. The molecule has 0 fully saturated rings. The van der Waals surface area contributed by atoms with Crippen LogP contribution in [0.25, 0.3) is 0 Å². The molecule has 0 aromatic heterocycles. The van der Waals surface area contributed by atoms with E-state index in [1.807, 2.05) is 18.2 Å². The number of esters is 1. The first-order valence-corrected chi connectivity index (χ1v) is 5.07. The van der Waals surface area contributed by atoms with Crippen molar-refractivity contribution in [3.05, 3.63) is 35.4 Å². The lowest BCUT2D eigenvalue weighted by Gasteiger charge is -2.25. The summed E-state index contributed by atoms with van der Waals surface area (Å²) in [5.41, 5.74) is 2.40. The van der Waals surface area contributed by atoms with Gasteiger partial charge in [-0.3, -0.25) is 4.79 Å². The van der Waals surface area contributed by atoms with E-state index in [-0.39, 0.29) is 12.1 Å². The molecule has 0 amide bonds. The SMILES string of the molecule is COC(=O)C[C@@H]1OCCc2ccccc21. The predicted octanol–water partition coefficient (Wildman–Crippen LogP) is 1.86. The van der Waals surface area contributed by atoms with Gasteiger partial charge < -0.3 is 9.47 Å². The highest BCUT2D eigenvalue weighted by molar-refractivity contribution is 5.70. The van der Waals surface area contributed by atoms with Crippen LogP contribution in [0, 0.1) is 0 Å². The molecule has 1 aromatic carbocycles. The Morgan fingerprint density at radius 3 is 3.13 bits per heavy atom. The van der Waals surface area contributed by atoms with Gasteiger partial charge in [-0.1, -0.05) is 24.3 Å². The van der Waals surface area contributed by atoms with Gasteiger partial charge in [0.25, 0.3) is 0 Å². The molecule has 3 nitrogen and oxygen atoms in total. The highest BCUT2D eigenvalue weighted by Gasteiger charge is 2.23. The van der Waals surface area contributed by atoms with E-state index in [4.69, 9.17) is 4.74 Å². The molecule has 0 saturated carbocycles. The minimum Gasteiger partial charge on any atom is -0.469 e. The Morgan fingerprint density at radius 2 is 2.33 bits per heavy atom. The molecule has 15 heavy (non-hydrogen) atoms. The van der Waals surface area contributed by atoms with Gasteiger partial charge >= 0.3 is 5.97 Å². The fourth-order valence-corrected chi connectivity index (χ4v) is 1.88. The second-order valence-corrected chi connectivity index (χ2v) is 3.59. The minimum absolute atomic E-state index is 0.137. The summed E-state index contributed by atoms with van der Waals surface area (Å²) in [5.74, 6) is -0.225. The number of hydrogen-bond acceptors (Lipinski definition) is 3. The molecule has 80 valence electrons. The second kappa shape index (κ2) is 4.45. The van der Waals surface area contributed by atoms with Gasteiger partial charge in [-0.25, -0.2) is 0 Å². The van der Waals surface area contributed by atoms with Gasteiger partial charge in [-0.2, -0.15) is 0 Å². The average Bonchev–Trinajstić information content (AvgIpc) is 2.29. The van der Waals surface area contributed by atoms with Gasteiger partial charge in [-0.05, 0) is 17.5 Å². The molecule has 0 saturated heterocycles. The van der Waals surface area contributed by atoms with Crippen LogP contribution in [0.2, 0.25) is 0 Å². The molecule has 0 spiro atoms. The number of carbonyl (C=O) groups is 1. The highest BCUT2D eigenvalue weighted by atomic mass is 16.5. The fourth-order valence-electron chi connectivity index (χ4n) is 1.88. The van der Waals surface area contributed by atoms with Crippen LogP contribution in [0.4, 0.5) is 0 Å². The normalized spacial score (nSPS) is 19.4.